The normalized spacial score (nSPS) is 12.4. The number of hydrogen-bond acceptors (Lipinski definition) is 2. The van der Waals surface area contributed by atoms with Gasteiger partial charge in [0, 0.05) is 18.8 Å². The van der Waals surface area contributed by atoms with Gasteiger partial charge in [0.25, 0.3) is 5.56 Å². The molecule has 1 atom stereocenters. The molecule has 0 aromatic carbocycles. The lowest BCUT2D eigenvalue weighted by Crippen LogP contribution is -2.29. The van der Waals surface area contributed by atoms with Gasteiger partial charge < -0.3 is 10.3 Å². The van der Waals surface area contributed by atoms with Gasteiger partial charge in [0.1, 0.15) is 0 Å². The molecule has 1 aromatic rings. The van der Waals surface area contributed by atoms with E-state index >= 15 is 0 Å². The largest absolute Gasteiger partial charge is 0.369 e. The molecule has 2 N–H and O–H groups in total. The van der Waals surface area contributed by atoms with Crippen LogP contribution in [0.2, 0.25) is 0 Å². The highest BCUT2D eigenvalue weighted by atomic mass is 16.1. The van der Waals surface area contributed by atoms with E-state index < -0.39 is 5.91 Å². The molecule has 70 valence electrons. The number of nitrogens with zero attached hydrogens (tertiary/aromatic N) is 1. The van der Waals surface area contributed by atoms with Crippen LogP contribution in [0.3, 0.4) is 0 Å². The number of primary amides is 1. The number of nitrogens with two attached hydrogens (primary N) is 1. The van der Waals surface area contributed by atoms with Gasteiger partial charge in [-0.1, -0.05) is 13.0 Å². The van der Waals surface area contributed by atoms with Crippen molar-refractivity contribution < 1.29 is 4.79 Å². The second-order valence-corrected chi connectivity index (χ2v) is 2.99. The van der Waals surface area contributed by atoms with Gasteiger partial charge >= 0.3 is 0 Å². The number of rotatable bonds is 3. The van der Waals surface area contributed by atoms with Gasteiger partial charge in [-0.2, -0.15) is 0 Å². The minimum atomic E-state index is -0.393. The lowest BCUT2D eigenvalue weighted by atomic mass is 10.2. The number of hydrogen-bond donors (Lipinski definition) is 1. The summed E-state index contributed by atoms with van der Waals surface area (Å²) in [4.78, 5) is 21.9. The summed E-state index contributed by atoms with van der Waals surface area (Å²) in [6.07, 6.45) is 1.64. The Hall–Kier alpha value is -1.58. The van der Waals surface area contributed by atoms with Gasteiger partial charge in [0.05, 0.1) is 5.92 Å². The minimum absolute atomic E-state index is 0.115. The second kappa shape index (κ2) is 3.89. The van der Waals surface area contributed by atoms with Gasteiger partial charge in [0.15, 0.2) is 0 Å². The van der Waals surface area contributed by atoms with Crippen LogP contribution >= 0.6 is 0 Å². The van der Waals surface area contributed by atoms with Gasteiger partial charge in [0.2, 0.25) is 5.91 Å². The van der Waals surface area contributed by atoms with E-state index in [-0.39, 0.29) is 11.5 Å². The summed E-state index contributed by atoms with van der Waals surface area (Å²) >= 11 is 0. The fraction of sp³-hybridized carbons (Fsp3) is 0.333. The molecule has 1 heterocycles. The molecule has 1 rings (SSSR count). The molecule has 0 aliphatic heterocycles. The van der Waals surface area contributed by atoms with Crippen molar-refractivity contribution in [3.63, 3.8) is 0 Å². The molecule has 0 fully saturated rings. The van der Waals surface area contributed by atoms with Crippen LogP contribution in [0.1, 0.15) is 6.92 Å². The van der Waals surface area contributed by atoms with Crippen molar-refractivity contribution in [1.82, 2.24) is 4.57 Å². The van der Waals surface area contributed by atoms with Gasteiger partial charge in [-0.3, -0.25) is 9.59 Å². The van der Waals surface area contributed by atoms with Crippen molar-refractivity contribution in [2.24, 2.45) is 11.7 Å². The SMILES string of the molecule is CC(Cn1ccccc1=O)C(N)=O. The van der Waals surface area contributed by atoms with Gasteiger partial charge in [-0.05, 0) is 6.07 Å². The molecule has 4 nitrogen and oxygen atoms in total. The molecule has 1 aromatic heterocycles. The number of pyridine rings is 1. The van der Waals surface area contributed by atoms with Gasteiger partial charge in [-0.15, -0.1) is 0 Å². The van der Waals surface area contributed by atoms with Crippen LogP contribution in [0.4, 0.5) is 0 Å². The Labute approximate surface area is 76.0 Å². The zero-order chi connectivity index (χ0) is 9.84. The van der Waals surface area contributed by atoms with Crippen molar-refractivity contribution in [3.8, 4) is 0 Å². The van der Waals surface area contributed by atoms with Gasteiger partial charge in [-0.25, -0.2) is 0 Å². The topological polar surface area (TPSA) is 65.1 Å². The quantitative estimate of drug-likeness (QED) is 0.709. The van der Waals surface area contributed by atoms with E-state index in [1.807, 2.05) is 0 Å². The average molecular weight is 180 g/mol. The highest BCUT2D eigenvalue weighted by Gasteiger charge is 2.09. The Morgan fingerprint density at radius 1 is 1.62 bits per heavy atom. The van der Waals surface area contributed by atoms with Crippen LogP contribution in [0.25, 0.3) is 0 Å². The smallest absolute Gasteiger partial charge is 0.250 e. The Kier molecular flexibility index (Phi) is 2.84. The van der Waals surface area contributed by atoms with E-state index in [1.54, 1.807) is 25.3 Å². The molecular weight excluding hydrogens is 168 g/mol. The molecule has 0 aliphatic carbocycles. The highest BCUT2D eigenvalue weighted by Crippen LogP contribution is 1.96. The van der Waals surface area contributed by atoms with Crippen LogP contribution in [-0.2, 0) is 11.3 Å². The molecule has 0 bridgehead atoms. The predicted octanol–water partition coefficient (Wildman–Crippen LogP) is -0.0303. The van der Waals surface area contributed by atoms with E-state index in [9.17, 15) is 9.59 Å². The molecule has 0 saturated carbocycles. The van der Waals surface area contributed by atoms with Crippen LogP contribution < -0.4 is 11.3 Å². The summed E-state index contributed by atoms with van der Waals surface area (Å²) in [5.41, 5.74) is 4.96. The zero-order valence-corrected chi connectivity index (χ0v) is 7.43. The molecule has 13 heavy (non-hydrogen) atoms. The van der Waals surface area contributed by atoms with E-state index in [4.69, 9.17) is 5.73 Å². The van der Waals surface area contributed by atoms with Crippen molar-refractivity contribution in [2.75, 3.05) is 0 Å². The lowest BCUT2D eigenvalue weighted by Gasteiger charge is -2.08. The van der Waals surface area contributed by atoms with E-state index in [0.717, 1.165) is 0 Å². The molecule has 1 unspecified atom stereocenters. The van der Waals surface area contributed by atoms with Crippen LogP contribution in [0.5, 0.6) is 0 Å². The van der Waals surface area contributed by atoms with Crippen LogP contribution in [0.15, 0.2) is 29.2 Å². The molecular formula is C9H12N2O2. The molecule has 1 amide bonds. The highest BCUT2D eigenvalue weighted by molar-refractivity contribution is 5.76. The number of carbonyl (C=O) groups excluding carboxylic acids is 1. The minimum Gasteiger partial charge on any atom is -0.369 e. The molecule has 0 spiro atoms. The third kappa shape index (κ3) is 2.43. The summed E-state index contributed by atoms with van der Waals surface area (Å²) in [6.45, 7) is 2.04. The maximum atomic E-state index is 11.2. The Balaban J connectivity index is 2.81. The first kappa shape index (κ1) is 9.51. The molecule has 0 saturated heterocycles. The average Bonchev–Trinajstić information content (AvgIpc) is 2.08. The monoisotopic (exact) mass is 180 g/mol. The molecule has 4 heteroatoms. The zero-order valence-electron chi connectivity index (χ0n) is 7.43. The first-order chi connectivity index (χ1) is 6.11. The standard InChI is InChI=1S/C9H12N2O2/c1-7(9(10)13)6-11-5-3-2-4-8(11)12/h2-5,7H,6H2,1H3,(H2,10,13). The molecule has 0 radical (unpaired) electrons. The fourth-order valence-electron chi connectivity index (χ4n) is 0.997. The number of carbonyl (C=O) groups is 1. The third-order valence-electron chi connectivity index (χ3n) is 1.86. The van der Waals surface area contributed by atoms with E-state index in [2.05, 4.69) is 0 Å². The summed E-state index contributed by atoms with van der Waals surface area (Å²) < 4.78 is 1.47. The second-order valence-electron chi connectivity index (χ2n) is 2.99. The van der Waals surface area contributed by atoms with Crippen LogP contribution in [0, 0.1) is 5.92 Å². The number of amides is 1. The van der Waals surface area contributed by atoms with Crippen molar-refractivity contribution in [3.05, 3.63) is 34.7 Å². The van der Waals surface area contributed by atoms with Crippen molar-refractivity contribution in [2.45, 2.75) is 13.5 Å². The Morgan fingerprint density at radius 2 is 2.31 bits per heavy atom. The summed E-state index contributed by atoms with van der Waals surface area (Å²) in [5, 5.41) is 0. The first-order valence-electron chi connectivity index (χ1n) is 4.06. The first-order valence-corrected chi connectivity index (χ1v) is 4.06. The van der Waals surface area contributed by atoms with E-state index in [0.29, 0.717) is 6.54 Å². The third-order valence-corrected chi connectivity index (χ3v) is 1.86. The van der Waals surface area contributed by atoms with Crippen molar-refractivity contribution >= 4 is 5.91 Å². The number of aromatic nitrogens is 1. The van der Waals surface area contributed by atoms with Crippen molar-refractivity contribution in [1.29, 1.82) is 0 Å². The predicted molar refractivity (Wildman–Crippen MR) is 49.1 cm³/mol. The lowest BCUT2D eigenvalue weighted by molar-refractivity contribution is -0.121. The fourth-order valence-corrected chi connectivity index (χ4v) is 0.997. The van der Waals surface area contributed by atoms with E-state index in [1.165, 1.54) is 10.6 Å². The molecule has 0 aliphatic rings. The Bertz CT molecular complexity index is 357. The Morgan fingerprint density at radius 3 is 2.85 bits per heavy atom. The summed E-state index contributed by atoms with van der Waals surface area (Å²) in [7, 11) is 0. The summed E-state index contributed by atoms with van der Waals surface area (Å²) in [5.74, 6) is -0.712. The summed E-state index contributed by atoms with van der Waals surface area (Å²) in [6, 6.07) is 4.86. The maximum absolute atomic E-state index is 11.2. The maximum Gasteiger partial charge on any atom is 0.250 e. The van der Waals surface area contributed by atoms with Crippen LogP contribution in [-0.4, -0.2) is 10.5 Å².